The number of amides is 1. The van der Waals surface area contributed by atoms with Gasteiger partial charge in [0.1, 0.15) is 0 Å². The molecule has 0 bridgehead atoms. The van der Waals surface area contributed by atoms with Gasteiger partial charge in [-0.2, -0.15) is 0 Å². The van der Waals surface area contributed by atoms with Crippen molar-refractivity contribution in [2.75, 3.05) is 13.6 Å². The summed E-state index contributed by atoms with van der Waals surface area (Å²) in [5, 5.41) is 6.11. The van der Waals surface area contributed by atoms with Gasteiger partial charge in [0.2, 0.25) is 5.91 Å². The van der Waals surface area contributed by atoms with Crippen molar-refractivity contribution in [1.29, 1.82) is 0 Å². The highest BCUT2D eigenvalue weighted by Crippen LogP contribution is 2.23. The summed E-state index contributed by atoms with van der Waals surface area (Å²) in [6.07, 6.45) is 1.02. The van der Waals surface area contributed by atoms with E-state index in [1.807, 2.05) is 27.8 Å². The Morgan fingerprint density at radius 2 is 1.84 bits per heavy atom. The third kappa shape index (κ3) is 4.06. The molecule has 2 N–H and O–H groups in total. The Morgan fingerprint density at radius 1 is 1.26 bits per heavy atom. The van der Waals surface area contributed by atoms with E-state index in [-0.39, 0.29) is 11.9 Å². The minimum atomic E-state index is -0.500. The lowest BCUT2D eigenvalue weighted by Gasteiger charge is -2.25. The highest BCUT2D eigenvalue weighted by molar-refractivity contribution is 5.87. The maximum absolute atomic E-state index is 12.3. The van der Waals surface area contributed by atoms with E-state index < -0.39 is 5.41 Å². The molecule has 0 aliphatic rings. The lowest BCUT2D eigenvalue weighted by atomic mass is 9.83. The van der Waals surface area contributed by atoms with Gasteiger partial charge < -0.3 is 10.6 Å². The third-order valence-electron chi connectivity index (χ3n) is 3.71. The number of likely N-dealkylation sites (N-methyl/N-ethyl adjacent to an activating group) is 1. The fourth-order valence-corrected chi connectivity index (χ4v) is 1.86. The monoisotopic (exact) mass is 262 g/mol. The zero-order valence-corrected chi connectivity index (χ0v) is 12.7. The summed E-state index contributed by atoms with van der Waals surface area (Å²) in [5.41, 5.74) is 1.85. The molecule has 3 heteroatoms. The van der Waals surface area contributed by atoms with Crippen LogP contribution in [0.1, 0.15) is 38.8 Å². The van der Waals surface area contributed by atoms with Crippen LogP contribution in [0.25, 0.3) is 0 Å². The van der Waals surface area contributed by atoms with E-state index in [4.69, 9.17) is 0 Å². The standard InChI is InChI=1S/C16H26N2O/c1-6-13-7-9-14(10-8-13)16(3,4)15(19)18-11-12(2)17-5/h7-10,12,17H,6,11H2,1-5H3,(H,18,19). The first-order chi connectivity index (χ1) is 8.91. The van der Waals surface area contributed by atoms with Gasteiger partial charge in [0.25, 0.3) is 0 Å². The van der Waals surface area contributed by atoms with E-state index in [0.717, 1.165) is 12.0 Å². The number of hydrogen-bond donors (Lipinski definition) is 2. The van der Waals surface area contributed by atoms with Gasteiger partial charge in [0.15, 0.2) is 0 Å². The second kappa shape index (κ2) is 6.71. The lowest BCUT2D eigenvalue weighted by Crippen LogP contribution is -2.45. The zero-order valence-electron chi connectivity index (χ0n) is 12.7. The maximum atomic E-state index is 12.3. The summed E-state index contributed by atoms with van der Waals surface area (Å²) >= 11 is 0. The second-order valence-corrected chi connectivity index (χ2v) is 5.58. The molecule has 0 spiro atoms. The fraction of sp³-hybridized carbons (Fsp3) is 0.562. The summed E-state index contributed by atoms with van der Waals surface area (Å²) < 4.78 is 0. The topological polar surface area (TPSA) is 41.1 Å². The highest BCUT2D eigenvalue weighted by atomic mass is 16.2. The molecule has 19 heavy (non-hydrogen) atoms. The Kier molecular flexibility index (Phi) is 5.55. The molecule has 3 nitrogen and oxygen atoms in total. The Hall–Kier alpha value is -1.35. The summed E-state index contributed by atoms with van der Waals surface area (Å²) in [6, 6.07) is 8.59. The van der Waals surface area contributed by atoms with E-state index in [0.29, 0.717) is 6.54 Å². The number of hydrogen-bond acceptors (Lipinski definition) is 2. The molecule has 0 aliphatic carbocycles. The minimum Gasteiger partial charge on any atom is -0.354 e. The molecule has 1 atom stereocenters. The van der Waals surface area contributed by atoms with Gasteiger partial charge >= 0.3 is 0 Å². The van der Waals surface area contributed by atoms with Crippen LogP contribution in [0.15, 0.2) is 24.3 Å². The third-order valence-corrected chi connectivity index (χ3v) is 3.71. The van der Waals surface area contributed by atoms with Crippen molar-refractivity contribution in [3.05, 3.63) is 35.4 Å². The molecular weight excluding hydrogens is 236 g/mol. The van der Waals surface area contributed by atoms with Crippen molar-refractivity contribution in [3.63, 3.8) is 0 Å². The summed E-state index contributed by atoms with van der Waals surface area (Å²) in [6.45, 7) is 8.75. The normalized spacial score (nSPS) is 13.1. The highest BCUT2D eigenvalue weighted by Gasteiger charge is 2.29. The molecule has 0 fully saturated rings. The molecule has 1 unspecified atom stereocenters. The van der Waals surface area contributed by atoms with Gasteiger partial charge in [-0.05, 0) is 45.4 Å². The van der Waals surface area contributed by atoms with Crippen LogP contribution >= 0.6 is 0 Å². The summed E-state index contributed by atoms with van der Waals surface area (Å²) in [7, 11) is 1.89. The molecule has 1 rings (SSSR count). The summed E-state index contributed by atoms with van der Waals surface area (Å²) in [5.74, 6) is 0.0684. The predicted molar refractivity (Wildman–Crippen MR) is 80.4 cm³/mol. The van der Waals surface area contributed by atoms with Crippen LogP contribution in [-0.4, -0.2) is 25.5 Å². The van der Waals surface area contributed by atoms with Gasteiger partial charge in [-0.25, -0.2) is 0 Å². The Bertz CT molecular complexity index is 409. The van der Waals surface area contributed by atoms with E-state index >= 15 is 0 Å². The van der Waals surface area contributed by atoms with Crippen LogP contribution in [-0.2, 0) is 16.6 Å². The molecule has 0 aromatic heterocycles. The number of rotatable bonds is 6. The zero-order chi connectivity index (χ0) is 14.5. The number of carbonyl (C=O) groups is 1. The van der Waals surface area contributed by atoms with Crippen LogP contribution in [0.3, 0.4) is 0 Å². The smallest absolute Gasteiger partial charge is 0.230 e. The predicted octanol–water partition coefficient (Wildman–Crippen LogP) is 2.25. The molecule has 0 saturated heterocycles. The fourth-order valence-electron chi connectivity index (χ4n) is 1.86. The molecule has 106 valence electrons. The maximum Gasteiger partial charge on any atom is 0.230 e. The van der Waals surface area contributed by atoms with E-state index in [9.17, 15) is 4.79 Å². The quantitative estimate of drug-likeness (QED) is 0.825. The lowest BCUT2D eigenvalue weighted by molar-refractivity contribution is -0.125. The molecule has 0 saturated carbocycles. The number of benzene rings is 1. The van der Waals surface area contributed by atoms with Crippen molar-refractivity contribution in [3.8, 4) is 0 Å². The molecule has 1 amide bonds. The van der Waals surface area contributed by atoms with E-state index in [2.05, 4.69) is 41.8 Å². The van der Waals surface area contributed by atoms with Crippen LogP contribution in [0.2, 0.25) is 0 Å². The average Bonchev–Trinajstić information content (AvgIpc) is 2.44. The molecule has 0 radical (unpaired) electrons. The van der Waals surface area contributed by atoms with Gasteiger partial charge in [-0.1, -0.05) is 31.2 Å². The second-order valence-electron chi connectivity index (χ2n) is 5.58. The van der Waals surface area contributed by atoms with Gasteiger partial charge in [-0.3, -0.25) is 4.79 Å². The number of aryl methyl sites for hydroxylation is 1. The van der Waals surface area contributed by atoms with Crippen molar-refractivity contribution in [2.45, 2.75) is 45.6 Å². The van der Waals surface area contributed by atoms with Gasteiger partial charge in [0.05, 0.1) is 5.41 Å². The van der Waals surface area contributed by atoms with E-state index in [1.54, 1.807) is 0 Å². The molecule has 1 aromatic carbocycles. The number of carbonyl (C=O) groups excluding carboxylic acids is 1. The van der Waals surface area contributed by atoms with Crippen LogP contribution in [0.4, 0.5) is 0 Å². The SMILES string of the molecule is CCc1ccc(C(C)(C)C(=O)NCC(C)NC)cc1. The van der Waals surface area contributed by atoms with Crippen LogP contribution in [0.5, 0.6) is 0 Å². The number of nitrogens with one attached hydrogen (secondary N) is 2. The molecular formula is C16H26N2O. The van der Waals surface area contributed by atoms with Crippen molar-refractivity contribution < 1.29 is 4.79 Å². The summed E-state index contributed by atoms with van der Waals surface area (Å²) in [4.78, 5) is 12.3. The first-order valence-electron chi connectivity index (χ1n) is 6.96. The first kappa shape index (κ1) is 15.7. The average molecular weight is 262 g/mol. The van der Waals surface area contributed by atoms with Gasteiger partial charge in [0, 0.05) is 12.6 Å². The largest absolute Gasteiger partial charge is 0.354 e. The van der Waals surface area contributed by atoms with Crippen LogP contribution in [0, 0.1) is 0 Å². The van der Waals surface area contributed by atoms with Crippen molar-refractivity contribution in [2.24, 2.45) is 0 Å². The Balaban J connectivity index is 2.74. The Morgan fingerprint density at radius 3 is 2.32 bits per heavy atom. The van der Waals surface area contributed by atoms with Crippen molar-refractivity contribution in [1.82, 2.24) is 10.6 Å². The van der Waals surface area contributed by atoms with E-state index in [1.165, 1.54) is 5.56 Å². The molecule has 0 heterocycles. The van der Waals surface area contributed by atoms with Crippen LogP contribution < -0.4 is 10.6 Å². The molecule has 0 aliphatic heterocycles. The molecule has 1 aromatic rings. The minimum absolute atomic E-state index is 0.0684. The first-order valence-corrected chi connectivity index (χ1v) is 6.96. The Labute approximate surface area is 116 Å². The van der Waals surface area contributed by atoms with Gasteiger partial charge in [-0.15, -0.1) is 0 Å². The van der Waals surface area contributed by atoms with Crippen molar-refractivity contribution >= 4 is 5.91 Å².